The number of halogens is 1. The van der Waals surface area contributed by atoms with Gasteiger partial charge in [-0.15, -0.1) is 0 Å². The molecule has 0 bridgehead atoms. The van der Waals surface area contributed by atoms with Gasteiger partial charge >= 0.3 is 6.09 Å². The molecule has 1 aliphatic carbocycles. The van der Waals surface area contributed by atoms with Crippen molar-refractivity contribution < 1.29 is 23.1 Å². The van der Waals surface area contributed by atoms with E-state index in [4.69, 9.17) is 16.3 Å². The number of aromatic nitrogens is 2. The van der Waals surface area contributed by atoms with Gasteiger partial charge in [-0.3, -0.25) is 4.68 Å². The normalized spacial score (nSPS) is 17.5. The predicted molar refractivity (Wildman–Crippen MR) is 132 cm³/mol. The fraction of sp³-hybridized carbons (Fsp3) is 0.333. The number of hydrogen-bond donors (Lipinski definition) is 3. The highest BCUT2D eigenvalue weighted by molar-refractivity contribution is 7.89. The molecule has 1 aliphatic rings. The summed E-state index contributed by atoms with van der Waals surface area (Å²) in [5, 5.41) is 16.6. The molecule has 1 heterocycles. The first-order valence-corrected chi connectivity index (χ1v) is 13.1. The van der Waals surface area contributed by atoms with Gasteiger partial charge in [0.25, 0.3) is 0 Å². The van der Waals surface area contributed by atoms with E-state index >= 15 is 0 Å². The summed E-state index contributed by atoms with van der Waals surface area (Å²) in [5.74, 6) is 0.498. The molecule has 11 heteroatoms. The third-order valence-electron chi connectivity index (χ3n) is 6.04. The average Bonchev–Trinajstić information content (AvgIpc) is 3.25. The molecule has 1 amide bonds. The van der Waals surface area contributed by atoms with Crippen molar-refractivity contribution in [1.82, 2.24) is 19.8 Å². The lowest BCUT2D eigenvalue weighted by atomic mass is 9.76. The molecule has 2 unspecified atom stereocenters. The molecule has 35 heavy (non-hydrogen) atoms. The van der Waals surface area contributed by atoms with Crippen LogP contribution in [0.2, 0.25) is 5.02 Å². The second-order valence-corrected chi connectivity index (χ2v) is 10.7. The van der Waals surface area contributed by atoms with Crippen LogP contribution in [0.4, 0.5) is 4.79 Å². The minimum absolute atomic E-state index is 0.0868. The number of carboxylic acid groups (broad SMARTS) is 1. The number of sulfonamides is 1. The summed E-state index contributed by atoms with van der Waals surface area (Å²) in [6.45, 7) is 0.220. The molecule has 4 rings (SSSR count). The fourth-order valence-corrected chi connectivity index (χ4v) is 5.64. The van der Waals surface area contributed by atoms with E-state index in [9.17, 15) is 18.3 Å². The lowest BCUT2D eigenvalue weighted by Crippen LogP contribution is -2.42. The maximum Gasteiger partial charge on any atom is 0.404 e. The Labute approximate surface area is 209 Å². The number of nitrogens with one attached hydrogen (secondary N) is 2. The number of carbonyl (C=O) groups is 1. The number of amides is 1. The van der Waals surface area contributed by atoms with E-state index in [2.05, 4.69) is 15.1 Å². The Hall–Kier alpha value is -3.08. The standard InChI is InChI=1S/C24H27ClN4O5S/c1-29-15-20(14-26-29)35(32,33)27-9-10-34-19-7-5-17-6-8-23(28-24(30)31)22(21(17)13-19)12-16-3-2-4-18(25)11-16/h2-5,7,11,13-15,22-23,27-28H,6,8-10,12H2,1H3,(H,30,31). The highest BCUT2D eigenvalue weighted by Crippen LogP contribution is 2.37. The molecule has 0 spiro atoms. The minimum atomic E-state index is -3.66. The molecule has 0 saturated carbocycles. The van der Waals surface area contributed by atoms with Crippen molar-refractivity contribution in [2.75, 3.05) is 13.2 Å². The maximum atomic E-state index is 12.3. The lowest BCUT2D eigenvalue weighted by Gasteiger charge is -2.34. The van der Waals surface area contributed by atoms with Gasteiger partial charge in [0.2, 0.25) is 10.0 Å². The van der Waals surface area contributed by atoms with Gasteiger partial charge in [-0.25, -0.2) is 17.9 Å². The van der Waals surface area contributed by atoms with Gasteiger partial charge in [0.15, 0.2) is 0 Å². The minimum Gasteiger partial charge on any atom is -0.492 e. The lowest BCUT2D eigenvalue weighted by molar-refractivity contribution is 0.185. The van der Waals surface area contributed by atoms with E-state index < -0.39 is 16.1 Å². The highest BCUT2D eigenvalue weighted by atomic mass is 35.5. The van der Waals surface area contributed by atoms with E-state index in [0.717, 1.165) is 23.1 Å². The quantitative estimate of drug-likeness (QED) is 0.373. The van der Waals surface area contributed by atoms with Crippen molar-refractivity contribution in [1.29, 1.82) is 0 Å². The fourth-order valence-electron chi connectivity index (χ4n) is 4.43. The number of hydrogen-bond acceptors (Lipinski definition) is 5. The number of rotatable bonds is 9. The monoisotopic (exact) mass is 518 g/mol. The van der Waals surface area contributed by atoms with Gasteiger partial charge in [-0.2, -0.15) is 5.10 Å². The SMILES string of the molecule is Cn1cc(S(=O)(=O)NCCOc2ccc3c(c2)C(Cc2cccc(Cl)c2)C(NC(=O)O)CC3)cn1. The Kier molecular flexibility index (Phi) is 7.63. The second-order valence-electron chi connectivity index (χ2n) is 8.49. The zero-order valence-corrected chi connectivity index (χ0v) is 20.7. The van der Waals surface area contributed by atoms with Crippen LogP contribution in [0.5, 0.6) is 5.75 Å². The molecule has 3 N–H and O–H groups in total. The number of ether oxygens (including phenoxy) is 1. The molecular formula is C24H27ClN4O5S. The Balaban J connectivity index is 1.47. The summed E-state index contributed by atoms with van der Waals surface area (Å²) in [6.07, 6.45) is 3.72. The van der Waals surface area contributed by atoms with Crippen LogP contribution in [-0.4, -0.2) is 48.6 Å². The summed E-state index contributed by atoms with van der Waals surface area (Å²) < 4.78 is 34.4. The molecule has 186 valence electrons. The van der Waals surface area contributed by atoms with Crippen molar-refractivity contribution in [2.45, 2.75) is 36.1 Å². The van der Waals surface area contributed by atoms with Crippen LogP contribution < -0.4 is 14.8 Å². The molecule has 0 saturated heterocycles. The van der Waals surface area contributed by atoms with E-state index in [0.29, 0.717) is 23.6 Å². The third-order valence-corrected chi connectivity index (χ3v) is 7.69. The second kappa shape index (κ2) is 10.7. The van der Waals surface area contributed by atoms with Crippen LogP contribution in [0.15, 0.2) is 59.8 Å². The van der Waals surface area contributed by atoms with Crippen LogP contribution in [0.25, 0.3) is 0 Å². The zero-order chi connectivity index (χ0) is 25.0. The Bertz CT molecular complexity index is 1310. The number of aryl methyl sites for hydroxylation is 2. The third kappa shape index (κ3) is 6.33. The summed E-state index contributed by atoms with van der Waals surface area (Å²) in [4.78, 5) is 11.5. The largest absolute Gasteiger partial charge is 0.492 e. The summed E-state index contributed by atoms with van der Waals surface area (Å²) in [6, 6.07) is 13.1. The molecule has 2 aromatic carbocycles. The van der Waals surface area contributed by atoms with Crippen LogP contribution in [0.1, 0.15) is 29.0 Å². The first-order chi connectivity index (χ1) is 16.7. The Morgan fingerprint density at radius 1 is 1.29 bits per heavy atom. The van der Waals surface area contributed by atoms with E-state index in [1.165, 1.54) is 17.1 Å². The molecule has 0 radical (unpaired) electrons. The predicted octanol–water partition coefficient (Wildman–Crippen LogP) is 3.34. The number of nitrogens with zero attached hydrogens (tertiary/aromatic N) is 2. The number of fused-ring (bicyclic) bond motifs is 1. The molecule has 3 aromatic rings. The molecule has 1 aromatic heterocycles. The van der Waals surface area contributed by atoms with E-state index in [1.54, 1.807) is 13.1 Å². The van der Waals surface area contributed by atoms with Gasteiger partial charge in [0.05, 0.1) is 6.20 Å². The molecule has 2 atom stereocenters. The van der Waals surface area contributed by atoms with Crippen LogP contribution in [0, 0.1) is 0 Å². The summed E-state index contributed by atoms with van der Waals surface area (Å²) in [5.41, 5.74) is 3.18. The van der Waals surface area contributed by atoms with Gasteiger partial charge in [-0.05, 0) is 60.2 Å². The molecule has 9 nitrogen and oxygen atoms in total. The zero-order valence-electron chi connectivity index (χ0n) is 19.1. The topological polar surface area (TPSA) is 123 Å². The summed E-state index contributed by atoms with van der Waals surface area (Å²) >= 11 is 6.17. The summed E-state index contributed by atoms with van der Waals surface area (Å²) in [7, 11) is -2.01. The van der Waals surface area contributed by atoms with Gasteiger partial charge in [-0.1, -0.05) is 29.8 Å². The molecular weight excluding hydrogens is 492 g/mol. The Morgan fingerprint density at radius 2 is 2.11 bits per heavy atom. The smallest absolute Gasteiger partial charge is 0.404 e. The van der Waals surface area contributed by atoms with Crippen LogP contribution in [0.3, 0.4) is 0 Å². The van der Waals surface area contributed by atoms with Crippen molar-refractivity contribution >= 4 is 27.7 Å². The number of benzene rings is 2. The molecule has 0 fully saturated rings. The maximum absolute atomic E-state index is 12.3. The highest BCUT2D eigenvalue weighted by Gasteiger charge is 2.31. The first kappa shape index (κ1) is 25.0. The van der Waals surface area contributed by atoms with Crippen molar-refractivity contribution in [2.24, 2.45) is 7.05 Å². The van der Waals surface area contributed by atoms with Crippen LogP contribution in [-0.2, 0) is 29.9 Å². The molecule has 0 aliphatic heterocycles. The van der Waals surface area contributed by atoms with Crippen molar-refractivity contribution in [3.63, 3.8) is 0 Å². The van der Waals surface area contributed by atoms with Crippen molar-refractivity contribution in [3.8, 4) is 5.75 Å². The first-order valence-electron chi connectivity index (χ1n) is 11.2. The van der Waals surface area contributed by atoms with E-state index in [-0.39, 0.29) is 30.0 Å². The van der Waals surface area contributed by atoms with E-state index in [1.807, 2.05) is 36.4 Å². The average molecular weight is 519 g/mol. The van der Waals surface area contributed by atoms with Crippen LogP contribution >= 0.6 is 11.6 Å². The Morgan fingerprint density at radius 3 is 2.83 bits per heavy atom. The van der Waals surface area contributed by atoms with Gasteiger partial charge in [0.1, 0.15) is 17.3 Å². The van der Waals surface area contributed by atoms with Crippen molar-refractivity contribution in [3.05, 3.63) is 76.6 Å². The van der Waals surface area contributed by atoms with Gasteiger partial charge in [0, 0.05) is 36.8 Å². The van der Waals surface area contributed by atoms with Gasteiger partial charge < -0.3 is 15.2 Å².